The number of carboxylic acid groups (broad SMARTS) is 1. The summed E-state index contributed by atoms with van der Waals surface area (Å²) in [7, 11) is -3.75. The molecule has 0 bridgehead atoms. The van der Waals surface area contributed by atoms with Gasteiger partial charge in [0.2, 0.25) is 10.0 Å². The molecule has 3 rings (SSSR count). The standard InChI is InChI=1S/C25H27N3O5S/c1-15-12-16(2)18(4)23(17(15)3)34(32,33)27-13-19-7-9-20(10-8-19)24(29)28-22(25(30)31)21-6-5-11-26-14-21/h5-12,14,22,27H,13H2,1-4H3,(H,28,29)(H,30,31). The van der Waals surface area contributed by atoms with E-state index in [0.717, 1.165) is 11.1 Å². The van der Waals surface area contributed by atoms with E-state index in [0.29, 0.717) is 22.3 Å². The average molecular weight is 482 g/mol. The van der Waals surface area contributed by atoms with Gasteiger partial charge in [-0.2, -0.15) is 0 Å². The first-order valence-corrected chi connectivity index (χ1v) is 12.1. The predicted octanol–water partition coefficient (Wildman–Crippen LogP) is 3.35. The Morgan fingerprint density at radius 2 is 1.62 bits per heavy atom. The molecule has 0 aliphatic carbocycles. The SMILES string of the molecule is Cc1cc(C)c(C)c(S(=O)(=O)NCc2ccc(C(=O)NC(C(=O)O)c3cccnc3)cc2)c1C. The topological polar surface area (TPSA) is 125 Å². The Labute approximate surface area is 199 Å². The molecule has 0 saturated carbocycles. The van der Waals surface area contributed by atoms with E-state index >= 15 is 0 Å². The number of pyridine rings is 1. The zero-order chi connectivity index (χ0) is 25.0. The summed E-state index contributed by atoms with van der Waals surface area (Å²) in [5.74, 6) is -1.77. The summed E-state index contributed by atoms with van der Waals surface area (Å²) in [5, 5.41) is 12.0. The molecule has 8 nitrogen and oxygen atoms in total. The number of benzene rings is 2. The number of hydrogen-bond acceptors (Lipinski definition) is 5. The van der Waals surface area contributed by atoms with Crippen LogP contribution in [0.1, 0.15) is 49.8 Å². The third kappa shape index (κ3) is 5.49. The summed E-state index contributed by atoms with van der Waals surface area (Å²) in [6, 6.07) is 10.2. The maximum atomic E-state index is 13.0. The Kier molecular flexibility index (Phi) is 7.48. The Hall–Kier alpha value is -3.56. The van der Waals surface area contributed by atoms with Gasteiger partial charge in [0, 0.05) is 30.1 Å². The minimum Gasteiger partial charge on any atom is -0.479 e. The Bertz CT molecular complexity index is 1290. The lowest BCUT2D eigenvalue weighted by Gasteiger charge is -2.16. The Morgan fingerprint density at radius 1 is 1.00 bits per heavy atom. The Morgan fingerprint density at radius 3 is 2.15 bits per heavy atom. The molecule has 0 spiro atoms. The van der Waals surface area contributed by atoms with Crippen molar-refractivity contribution in [2.45, 2.75) is 45.2 Å². The van der Waals surface area contributed by atoms with Crippen molar-refractivity contribution in [1.82, 2.24) is 15.0 Å². The van der Waals surface area contributed by atoms with Gasteiger partial charge >= 0.3 is 5.97 Å². The highest BCUT2D eigenvalue weighted by Gasteiger charge is 2.24. The second kappa shape index (κ2) is 10.1. The molecule has 9 heteroatoms. The van der Waals surface area contributed by atoms with Crippen molar-refractivity contribution in [3.63, 3.8) is 0 Å². The molecule has 1 atom stereocenters. The first kappa shape index (κ1) is 25.1. The van der Waals surface area contributed by atoms with Gasteiger partial charge in [-0.15, -0.1) is 0 Å². The highest BCUT2D eigenvalue weighted by molar-refractivity contribution is 7.89. The number of amides is 1. The van der Waals surface area contributed by atoms with Crippen molar-refractivity contribution < 1.29 is 23.1 Å². The van der Waals surface area contributed by atoms with E-state index in [9.17, 15) is 23.1 Å². The molecule has 3 N–H and O–H groups in total. The fourth-order valence-corrected chi connectivity index (χ4v) is 5.29. The van der Waals surface area contributed by atoms with Crippen LogP contribution in [0.5, 0.6) is 0 Å². The van der Waals surface area contributed by atoms with E-state index < -0.39 is 27.9 Å². The minimum absolute atomic E-state index is 0.0452. The van der Waals surface area contributed by atoms with Crippen LogP contribution in [0.4, 0.5) is 0 Å². The number of aromatic nitrogens is 1. The fourth-order valence-electron chi connectivity index (χ4n) is 3.66. The molecular weight excluding hydrogens is 454 g/mol. The number of carboxylic acids is 1. The molecule has 178 valence electrons. The molecular formula is C25H27N3O5S. The summed E-state index contributed by atoms with van der Waals surface area (Å²) >= 11 is 0. The largest absolute Gasteiger partial charge is 0.479 e. The van der Waals surface area contributed by atoms with Crippen LogP contribution in [0, 0.1) is 27.7 Å². The fraction of sp³-hybridized carbons (Fsp3) is 0.240. The van der Waals surface area contributed by atoms with Crippen molar-refractivity contribution in [1.29, 1.82) is 0 Å². The number of nitrogens with zero attached hydrogens (tertiary/aromatic N) is 1. The van der Waals surface area contributed by atoms with Crippen molar-refractivity contribution in [3.8, 4) is 0 Å². The number of rotatable bonds is 8. The summed E-state index contributed by atoms with van der Waals surface area (Å²) in [6.45, 7) is 7.39. The van der Waals surface area contributed by atoms with Crippen LogP contribution in [0.15, 0.2) is 59.8 Å². The van der Waals surface area contributed by atoms with Gasteiger partial charge in [0.05, 0.1) is 4.90 Å². The number of aliphatic carboxylic acids is 1. The maximum absolute atomic E-state index is 13.0. The van der Waals surface area contributed by atoms with Gasteiger partial charge in [-0.25, -0.2) is 17.9 Å². The third-order valence-electron chi connectivity index (χ3n) is 5.79. The normalized spacial score (nSPS) is 12.2. The van der Waals surface area contributed by atoms with E-state index in [2.05, 4.69) is 15.0 Å². The van der Waals surface area contributed by atoms with Gasteiger partial charge in [-0.05, 0) is 73.7 Å². The summed E-state index contributed by atoms with van der Waals surface area (Å²) in [6.07, 6.45) is 2.90. The highest BCUT2D eigenvalue weighted by atomic mass is 32.2. The second-order valence-corrected chi connectivity index (χ2v) is 9.85. The number of sulfonamides is 1. The molecule has 34 heavy (non-hydrogen) atoms. The van der Waals surface area contributed by atoms with Crippen LogP contribution < -0.4 is 10.0 Å². The van der Waals surface area contributed by atoms with Crippen molar-refractivity contribution in [3.05, 3.63) is 93.8 Å². The minimum atomic E-state index is -3.75. The first-order valence-electron chi connectivity index (χ1n) is 10.6. The van der Waals surface area contributed by atoms with Crippen molar-refractivity contribution in [2.75, 3.05) is 0 Å². The van der Waals surface area contributed by atoms with Gasteiger partial charge in [0.1, 0.15) is 0 Å². The highest BCUT2D eigenvalue weighted by Crippen LogP contribution is 2.26. The predicted molar refractivity (Wildman–Crippen MR) is 128 cm³/mol. The molecule has 0 radical (unpaired) electrons. The first-order chi connectivity index (χ1) is 16.0. The van der Waals surface area contributed by atoms with E-state index in [-0.39, 0.29) is 17.0 Å². The van der Waals surface area contributed by atoms with Gasteiger partial charge in [0.15, 0.2) is 6.04 Å². The van der Waals surface area contributed by atoms with E-state index in [1.807, 2.05) is 19.9 Å². The molecule has 1 unspecified atom stereocenters. The average Bonchev–Trinajstić information content (AvgIpc) is 2.80. The van der Waals surface area contributed by atoms with Crippen molar-refractivity contribution >= 4 is 21.9 Å². The molecule has 2 aromatic carbocycles. The Balaban J connectivity index is 1.72. The van der Waals surface area contributed by atoms with E-state index in [1.165, 1.54) is 24.5 Å². The smallest absolute Gasteiger partial charge is 0.330 e. The zero-order valence-electron chi connectivity index (χ0n) is 19.4. The lowest BCUT2D eigenvalue weighted by molar-refractivity contribution is -0.139. The van der Waals surface area contributed by atoms with E-state index in [4.69, 9.17) is 0 Å². The van der Waals surface area contributed by atoms with Gasteiger partial charge in [-0.3, -0.25) is 9.78 Å². The van der Waals surface area contributed by atoms with Crippen LogP contribution in [-0.4, -0.2) is 30.4 Å². The van der Waals surface area contributed by atoms with Crippen LogP contribution in [0.2, 0.25) is 0 Å². The second-order valence-electron chi connectivity index (χ2n) is 8.14. The lowest BCUT2D eigenvalue weighted by atomic mass is 10.0. The molecule has 0 saturated heterocycles. The summed E-state index contributed by atoms with van der Waals surface area (Å²) in [4.78, 5) is 28.4. The molecule has 1 aromatic heterocycles. The molecule has 1 heterocycles. The van der Waals surface area contributed by atoms with Crippen LogP contribution in [0.25, 0.3) is 0 Å². The van der Waals surface area contributed by atoms with Gasteiger partial charge in [0.25, 0.3) is 5.91 Å². The van der Waals surface area contributed by atoms with Crippen LogP contribution >= 0.6 is 0 Å². The summed E-state index contributed by atoms with van der Waals surface area (Å²) < 4.78 is 28.7. The van der Waals surface area contributed by atoms with Gasteiger partial charge < -0.3 is 10.4 Å². The van der Waals surface area contributed by atoms with E-state index in [1.54, 1.807) is 38.1 Å². The number of carbonyl (C=O) groups excluding carboxylic acids is 1. The molecule has 0 fully saturated rings. The number of aryl methyl sites for hydroxylation is 2. The molecule has 1 amide bonds. The molecule has 0 aliphatic heterocycles. The van der Waals surface area contributed by atoms with Gasteiger partial charge in [-0.1, -0.05) is 24.3 Å². The number of carbonyl (C=O) groups is 2. The van der Waals surface area contributed by atoms with Crippen LogP contribution in [-0.2, 0) is 21.4 Å². The quantitative estimate of drug-likeness (QED) is 0.453. The van der Waals surface area contributed by atoms with Crippen LogP contribution in [0.3, 0.4) is 0 Å². The lowest BCUT2D eigenvalue weighted by Crippen LogP contribution is -2.33. The zero-order valence-corrected chi connectivity index (χ0v) is 20.2. The number of hydrogen-bond donors (Lipinski definition) is 3. The van der Waals surface area contributed by atoms with Crippen molar-refractivity contribution in [2.24, 2.45) is 0 Å². The number of nitrogens with one attached hydrogen (secondary N) is 2. The molecule has 0 aliphatic rings. The monoisotopic (exact) mass is 481 g/mol. The molecule has 3 aromatic rings. The maximum Gasteiger partial charge on any atom is 0.330 e. The third-order valence-corrected chi connectivity index (χ3v) is 7.46. The summed E-state index contributed by atoms with van der Waals surface area (Å²) in [5.41, 5.74) is 4.50.